The molecule has 5 amide bonds. The predicted octanol–water partition coefficient (Wildman–Crippen LogP) is 5.74. The van der Waals surface area contributed by atoms with Gasteiger partial charge in [-0.2, -0.15) is 0 Å². The molecule has 13 heteroatoms. The van der Waals surface area contributed by atoms with E-state index >= 15 is 0 Å². The molecule has 5 aliphatic heterocycles. The smallest absolute Gasteiger partial charge is 0.262 e. The summed E-state index contributed by atoms with van der Waals surface area (Å²) in [5.41, 5.74) is 5.14. The normalized spacial score (nSPS) is 22.7. The van der Waals surface area contributed by atoms with Gasteiger partial charge in [-0.25, -0.2) is 4.85 Å². The van der Waals surface area contributed by atoms with Crippen LogP contribution in [0.5, 0.6) is 5.75 Å². The number of halogens is 1. The van der Waals surface area contributed by atoms with E-state index in [-0.39, 0.29) is 30.9 Å². The molecule has 9 rings (SSSR count). The monoisotopic (exact) mass is 760 g/mol. The summed E-state index contributed by atoms with van der Waals surface area (Å²) in [4.78, 5) is 75.3. The number of carbonyl (C=O) groups is 5. The second-order valence-electron chi connectivity index (χ2n) is 16.0. The van der Waals surface area contributed by atoms with Crippen molar-refractivity contribution in [1.29, 1.82) is 0 Å². The molecule has 1 atom stereocenters. The third kappa shape index (κ3) is 6.43. The van der Waals surface area contributed by atoms with Crippen molar-refractivity contribution in [3.05, 3.63) is 98.9 Å². The first-order valence-corrected chi connectivity index (χ1v) is 19.6. The molecular formula is C42H41ClN6O6. The van der Waals surface area contributed by atoms with Gasteiger partial charge >= 0.3 is 0 Å². The summed E-state index contributed by atoms with van der Waals surface area (Å²) in [5, 5.41) is 2.74. The van der Waals surface area contributed by atoms with E-state index in [1.807, 2.05) is 41.3 Å². The summed E-state index contributed by atoms with van der Waals surface area (Å²) >= 11 is 6.27. The lowest BCUT2D eigenvalue weighted by molar-refractivity contribution is -0.136. The molecule has 1 N–H and O–H groups in total. The molecule has 1 unspecified atom stereocenters. The van der Waals surface area contributed by atoms with Crippen LogP contribution in [0.2, 0.25) is 5.02 Å². The minimum absolute atomic E-state index is 0.0166. The Hall–Kier alpha value is -5.25. The van der Waals surface area contributed by atoms with Crippen LogP contribution in [0.3, 0.4) is 0 Å². The number of fused-ring (bicyclic) bond motifs is 2. The maximum Gasteiger partial charge on any atom is 0.262 e. The van der Waals surface area contributed by atoms with Crippen molar-refractivity contribution < 1.29 is 28.7 Å². The fourth-order valence-corrected chi connectivity index (χ4v) is 9.72. The molecule has 6 aliphatic rings. The Balaban J connectivity index is 0.737. The predicted molar refractivity (Wildman–Crippen MR) is 203 cm³/mol. The van der Waals surface area contributed by atoms with Crippen LogP contribution in [0.15, 0.2) is 54.6 Å². The minimum atomic E-state index is -0.976. The van der Waals surface area contributed by atoms with Crippen molar-refractivity contribution in [1.82, 2.24) is 20.0 Å². The molecule has 1 saturated carbocycles. The van der Waals surface area contributed by atoms with Crippen LogP contribution in [0.1, 0.15) is 93.6 Å². The number of rotatable bonds is 6. The Kier molecular flexibility index (Phi) is 8.89. The number of amides is 5. The molecule has 4 fully saturated rings. The highest BCUT2D eigenvalue weighted by atomic mass is 35.5. The van der Waals surface area contributed by atoms with Crippen molar-refractivity contribution in [2.75, 3.05) is 31.1 Å². The number of imide groups is 2. The number of ether oxygens (including phenoxy) is 1. The molecule has 0 radical (unpaired) electrons. The number of nitrogens with one attached hydrogen (secondary N) is 1. The fourth-order valence-electron chi connectivity index (χ4n) is 9.50. The van der Waals surface area contributed by atoms with E-state index < -0.39 is 29.7 Å². The molecule has 5 heterocycles. The first kappa shape index (κ1) is 35.5. The molecule has 282 valence electrons. The van der Waals surface area contributed by atoms with Gasteiger partial charge in [-0.1, -0.05) is 17.7 Å². The van der Waals surface area contributed by atoms with Crippen LogP contribution in [0.25, 0.3) is 4.85 Å². The van der Waals surface area contributed by atoms with Crippen molar-refractivity contribution >= 4 is 52.5 Å². The van der Waals surface area contributed by atoms with Gasteiger partial charge in [-0.15, -0.1) is 0 Å². The Labute approximate surface area is 324 Å². The van der Waals surface area contributed by atoms with Gasteiger partial charge in [0, 0.05) is 73.4 Å². The molecule has 0 aromatic heterocycles. The summed E-state index contributed by atoms with van der Waals surface area (Å²) in [6, 6.07) is 16.1. The summed E-state index contributed by atoms with van der Waals surface area (Å²) < 4.78 is 6.37. The number of anilines is 1. The zero-order valence-electron chi connectivity index (χ0n) is 30.4. The number of likely N-dealkylation sites (tertiary alicyclic amines) is 1. The lowest BCUT2D eigenvalue weighted by Crippen LogP contribution is -2.58. The van der Waals surface area contributed by atoms with Crippen molar-refractivity contribution in [3.63, 3.8) is 0 Å². The van der Waals surface area contributed by atoms with Crippen LogP contribution in [0.4, 0.5) is 11.4 Å². The number of hydrogen-bond donors (Lipinski definition) is 1. The number of hydrogen-bond acceptors (Lipinski definition) is 8. The maximum atomic E-state index is 13.5. The molecule has 1 spiro atoms. The van der Waals surface area contributed by atoms with Crippen LogP contribution >= 0.6 is 11.6 Å². The average molecular weight is 761 g/mol. The van der Waals surface area contributed by atoms with Gasteiger partial charge in [-0.3, -0.25) is 39.1 Å². The zero-order chi connectivity index (χ0) is 38.0. The standard InChI is InChI=1S/C42H41ClN6O6/c1-44-35-7-4-29(20-34(35)43)48-23-42(24-48)14-10-31(11-15-42)55-30-5-2-25(3-6-30)39(52)46-16-12-28(13-17-46)47-21-26-18-32-33(19-27(26)22-47)41(54)49(40(32)53)36-8-9-37(50)45-38(36)51/h2-7,18-20,28,31,36H,8-17,21-24H2,(H,45,50,51). The van der Waals surface area contributed by atoms with Gasteiger partial charge in [0.25, 0.3) is 17.7 Å². The van der Waals surface area contributed by atoms with Gasteiger partial charge in [0.05, 0.1) is 23.8 Å². The highest BCUT2D eigenvalue weighted by molar-refractivity contribution is 6.33. The van der Waals surface area contributed by atoms with Crippen molar-refractivity contribution in [2.45, 2.75) is 82.6 Å². The van der Waals surface area contributed by atoms with Gasteiger partial charge in [0.15, 0.2) is 0 Å². The third-order valence-corrected chi connectivity index (χ3v) is 12.9. The average Bonchev–Trinajstić information content (AvgIpc) is 3.70. The lowest BCUT2D eigenvalue weighted by Gasteiger charge is -2.54. The van der Waals surface area contributed by atoms with E-state index in [0.717, 1.165) is 79.1 Å². The summed E-state index contributed by atoms with van der Waals surface area (Å²) in [7, 11) is 0. The summed E-state index contributed by atoms with van der Waals surface area (Å²) in [6.07, 6.45) is 6.21. The molecule has 1 aliphatic carbocycles. The van der Waals surface area contributed by atoms with E-state index in [2.05, 4.69) is 20.0 Å². The molecular weight excluding hydrogens is 720 g/mol. The van der Waals surface area contributed by atoms with Gasteiger partial charge in [-0.05, 0) is 105 Å². The number of carbonyl (C=O) groups excluding carboxylic acids is 5. The first-order chi connectivity index (χ1) is 26.6. The maximum absolute atomic E-state index is 13.5. The number of piperidine rings is 2. The first-order valence-electron chi connectivity index (χ1n) is 19.2. The molecule has 55 heavy (non-hydrogen) atoms. The van der Waals surface area contributed by atoms with E-state index in [9.17, 15) is 24.0 Å². The van der Waals surface area contributed by atoms with Gasteiger partial charge < -0.3 is 14.5 Å². The highest BCUT2D eigenvalue weighted by Gasteiger charge is 2.47. The Morgan fingerprint density at radius 1 is 0.855 bits per heavy atom. The van der Waals surface area contributed by atoms with Crippen LogP contribution < -0.4 is 15.0 Å². The number of benzene rings is 3. The second-order valence-corrected chi connectivity index (χ2v) is 16.4. The lowest BCUT2D eigenvalue weighted by atomic mass is 9.67. The molecule has 12 nitrogen and oxygen atoms in total. The number of nitrogens with zero attached hydrogens (tertiary/aromatic N) is 5. The van der Waals surface area contributed by atoms with Crippen LogP contribution in [0, 0.1) is 12.0 Å². The van der Waals surface area contributed by atoms with Crippen LogP contribution in [-0.4, -0.2) is 88.6 Å². The van der Waals surface area contributed by atoms with Crippen molar-refractivity contribution in [2.24, 2.45) is 5.41 Å². The molecule has 3 aromatic carbocycles. The minimum Gasteiger partial charge on any atom is -0.490 e. The van der Waals surface area contributed by atoms with Gasteiger partial charge in [0.1, 0.15) is 11.8 Å². The van der Waals surface area contributed by atoms with E-state index in [0.29, 0.717) is 59.0 Å². The van der Waals surface area contributed by atoms with E-state index in [1.54, 1.807) is 18.2 Å². The fraction of sp³-hybridized carbons (Fsp3) is 0.429. The Morgan fingerprint density at radius 3 is 2.11 bits per heavy atom. The molecule has 3 aromatic rings. The summed E-state index contributed by atoms with van der Waals surface area (Å²) in [6.45, 7) is 11.8. The SMILES string of the molecule is [C-]#[N+]c1ccc(N2CC3(CCC(Oc4ccc(C(=O)N5CCC(N6Cc7cc8c(cc7C6)C(=O)N(C6CCC(=O)NC6=O)C8=O)CC5)cc4)CC3)C2)cc1Cl. The molecule has 3 saturated heterocycles. The zero-order valence-corrected chi connectivity index (χ0v) is 31.1. The third-order valence-electron chi connectivity index (χ3n) is 12.6. The van der Waals surface area contributed by atoms with E-state index in [4.69, 9.17) is 22.9 Å². The van der Waals surface area contributed by atoms with E-state index in [1.165, 1.54) is 0 Å². The van der Waals surface area contributed by atoms with Crippen LogP contribution in [-0.2, 0) is 22.7 Å². The quantitative estimate of drug-likeness (QED) is 0.249. The Morgan fingerprint density at radius 2 is 1.51 bits per heavy atom. The largest absolute Gasteiger partial charge is 0.490 e. The summed E-state index contributed by atoms with van der Waals surface area (Å²) in [5.74, 6) is -1.18. The van der Waals surface area contributed by atoms with Gasteiger partial charge in [0.2, 0.25) is 17.5 Å². The highest BCUT2D eigenvalue weighted by Crippen LogP contribution is 2.47. The Bertz CT molecular complexity index is 2110. The topological polar surface area (TPSA) is 124 Å². The molecule has 0 bridgehead atoms. The second kappa shape index (κ2) is 13.8. The van der Waals surface area contributed by atoms with Crippen molar-refractivity contribution in [3.8, 4) is 5.75 Å².